The largest absolute Gasteiger partial charge is 0.481 e. The van der Waals surface area contributed by atoms with Gasteiger partial charge in [0.2, 0.25) is 0 Å². The highest BCUT2D eigenvalue weighted by atomic mass is 16.5. The molecule has 282 valence electrons. The molecule has 12 atom stereocenters. The molecule has 4 N–H and O–H groups in total. The molecule has 2 heterocycles. The van der Waals surface area contributed by atoms with E-state index in [9.17, 15) is 9.90 Å². The molecule has 10 heteroatoms. The summed E-state index contributed by atoms with van der Waals surface area (Å²) < 4.78 is 14.1. The van der Waals surface area contributed by atoms with Gasteiger partial charge in [-0.2, -0.15) is 4.80 Å². The maximum Gasteiger partial charge on any atom is 0.307 e. The first-order chi connectivity index (χ1) is 23.3. The first-order valence-electron chi connectivity index (χ1n) is 19.7. The van der Waals surface area contributed by atoms with Crippen LogP contribution >= 0.6 is 0 Å². The summed E-state index contributed by atoms with van der Waals surface area (Å²) in [5.74, 6) is 0.423. The van der Waals surface area contributed by atoms with Crippen molar-refractivity contribution in [1.29, 1.82) is 0 Å². The van der Waals surface area contributed by atoms with E-state index in [0.717, 1.165) is 51.5 Å². The summed E-state index contributed by atoms with van der Waals surface area (Å²) in [5.41, 5.74) is 6.19. The summed E-state index contributed by atoms with van der Waals surface area (Å²) in [7, 11) is 0. The van der Waals surface area contributed by atoms with Gasteiger partial charge in [-0.1, -0.05) is 92.9 Å². The van der Waals surface area contributed by atoms with Crippen LogP contribution in [0.4, 0.5) is 5.95 Å². The Morgan fingerprint density at radius 3 is 2.46 bits per heavy atom. The van der Waals surface area contributed by atoms with Crippen LogP contribution in [-0.4, -0.2) is 69.8 Å². The van der Waals surface area contributed by atoms with E-state index in [0.29, 0.717) is 37.6 Å². The first kappa shape index (κ1) is 37.7. The second-order valence-electron chi connectivity index (χ2n) is 19.7. The molecule has 1 saturated heterocycles. The van der Waals surface area contributed by atoms with E-state index in [1.807, 2.05) is 0 Å². The van der Waals surface area contributed by atoms with Crippen LogP contribution in [0.15, 0.2) is 11.6 Å². The number of carbonyl (C=O) groups is 1. The maximum absolute atomic E-state index is 13.6. The highest BCUT2D eigenvalue weighted by Crippen LogP contribution is 2.75. The van der Waals surface area contributed by atoms with Crippen molar-refractivity contribution in [1.82, 2.24) is 25.5 Å². The average Bonchev–Trinajstić information content (AvgIpc) is 3.46. The number of hydrogen-bond donors (Lipinski definition) is 3. The summed E-state index contributed by atoms with van der Waals surface area (Å²) in [6.45, 7) is 28.0. The van der Waals surface area contributed by atoms with Gasteiger partial charge in [0.05, 0.1) is 31.8 Å². The average molecular weight is 697 g/mol. The number of ether oxygens (including phenoxy) is 2. The van der Waals surface area contributed by atoms with Gasteiger partial charge in [0.1, 0.15) is 6.04 Å². The number of aliphatic carboxylic acids is 1. The summed E-state index contributed by atoms with van der Waals surface area (Å²) >= 11 is 0. The number of hydrogen-bond acceptors (Lipinski definition) is 8. The minimum atomic E-state index is -0.632. The summed E-state index contributed by atoms with van der Waals surface area (Å²) in [6, 6.07) is -0.00816. The Morgan fingerprint density at radius 2 is 1.86 bits per heavy atom. The number of fused-ring (bicyclic) bond motifs is 3. The van der Waals surface area contributed by atoms with Gasteiger partial charge in [0.25, 0.3) is 5.95 Å². The number of tetrazole rings is 1. The lowest BCUT2D eigenvalue weighted by Crippen LogP contribution is -2.70. The molecule has 10 nitrogen and oxygen atoms in total. The quantitative estimate of drug-likeness (QED) is 0.217. The van der Waals surface area contributed by atoms with E-state index in [1.165, 1.54) is 5.57 Å². The molecular formula is C40H68N6O4. The van der Waals surface area contributed by atoms with Crippen molar-refractivity contribution in [3.63, 3.8) is 0 Å². The van der Waals surface area contributed by atoms with E-state index in [4.69, 9.17) is 15.2 Å². The lowest BCUT2D eigenvalue weighted by molar-refractivity contribution is -0.254. The molecule has 5 aliphatic rings. The fourth-order valence-electron chi connectivity index (χ4n) is 12.6. The van der Waals surface area contributed by atoms with E-state index in [1.54, 1.807) is 4.80 Å². The molecule has 50 heavy (non-hydrogen) atoms. The molecule has 1 aliphatic heterocycles. The number of carboxylic acids is 1. The Bertz CT molecular complexity index is 1450. The SMILES string of the molecule is CCCN[C@@H](CO[C@H]1[C@H](n2nnc(N)n2)C[C@]2(C)COC[C@@]13C1=CC[C@@]4(C)[C@H](C(=O)O)[C@@](C)([C@H](C)C(C)C)CC[C@]4(C)[C@H]1CC[C@H]23)C(C)(C)C. The van der Waals surface area contributed by atoms with Gasteiger partial charge in [-0.3, -0.25) is 4.79 Å². The number of anilines is 1. The van der Waals surface area contributed by atoms with E-state index in [-0.39, 0.29) is 57.1 Å². The van der Waals surface area contributed by atoms with Gasteiger partial charge in [0, 0.05) is 11.5 Å². The predicted octanol–water partition coefficient (Wildman–Crippen LogP) is 7.18. The Kier molecular flexibility index (Phi) is 9.67. The molecule has 0 aromatic carbocycles. The summed E-state index contributed by atoms with van der Waals surface area (Å²) in [6.07, 6.45) is 8.93. The third-order valence-electron chi connectivity index (χ3n) is 15.9. The molecule has 3 saturated carbocycles. The maximum atomic E-state index is 13.6. The van der Waals surface area contributed by atoms with Gasteiger partial charge in [-0.05, 0) is 107 Å². The van der Waals surface area contributed by atoms with E-state index >= 15 is 0 Å². The normalized spacial score (nSPS) is 42.6. The highest BCUT2D eigenvalue weighted by Gasteiger charge is 2.72. The van der Waals surface area contributed by atoms with Crippen molar-refractivity contribution in [2.75, 3.05) is 32.1 Å². The Labute approximate surface area is 301 Å². The molecule has 1 aromatic heterocycles. The minimum Gasteiger partial charge on any atom is -0.481 e. The molecule has 4 aliphatic carbocycles. The second kappa shape index (κ2) is 12.8. The summed E-state index contributed by atoms with van der Waals surface area (Å²) in [5, 5.41) is 28.2. The zero-order valence-corrected chi connectivity index (χ0v) is 33.0. The van der Waals surface area contributed by atoms with Crippen LogP contribution < -0.4 is 11.1 Å². The molecule has 2 bridgehead atoms. The van der Waals surface area contributed by atoms with Crippen molar-refractivity contribution in [2.45, 2.75) is 139 Å². The van der Waals surface area contributed by atoms with E-state index in [2.05, 4.69) is 103 Å². The topological polar surface area (TPSA) is 137 Å². The molecule has 0 unspecified atom stereocenters. The zero-order valence-electron chi connectivity index (χ0n) is 33.0. The molecule has 6 rings (SSSR count). The third-order valence-corrected chi connectivity index (χ3v) is 15.9. The number of rotatable bonds is 10. The Balaban J connectivity index is 1.49. The zero-order chi connectivity index (χ0) is 36.7. The molecule has 1 aromatic rings. The van der Waals surface area contributed by atoms with Gasteiger partial charge in [-0.25, -0.2) is 0 Å². The number of nitrogen functional groups attached to an aromatic ring is 1. The van der Waals surface area contributed by atoms with Crippen LogP contribution in [0.1, 0.15) is 127 Å². The number of nitrogens with one attached hydrogen (secondary N) is 1. The lowest BCUT2D eigenvalue weighted by atomic mass is 9.34. The number of nitrogens with two attached hydrogens (primary N) is 1. The number of carboxylic acid groups (broad SMARTS) is 1. The minimum absolute atomic E-state index is 0.00781. The Morgan fingerprint density at radius 1 is 1.14 bits per heavy atom. The van der Waals surface area contributed by atoms with Crippen LogP contribution in [0.5, 0.6) is 0 Å². The first-order valence-corrected chi connectivity index (χ1v) is 19.7. The van der Waals surface area contributed by atoms with Crippen molar-refractivity contribution in [3.8, 4) is 0 Å². The number of nitrogens with zero attached hydrogens (tertiary/aromatic N) is 4. The summed E-state index contributed by atoms with van der Waals surface area (Å²) in [4.78, 5) is 15.3. The van der Waals surface area contributed by atoms with Crippen LogP contribution in [-0.2, 0) is 14.3 Å². The van der Waals surface area contributed by atoms with Crippen LogP contribution in [0.2, 0.25) is 0 Å². The highest BCUT2D eigenvalue weighted by molar-refractivity contribution is 5.73. The van der Waals surface area contributed by atoms with Gasteiger partial charge >= 0.3 is 5.97 Å². The molecule has 0 spiro atoms. The number of aromatic nitrogens is 4. The molecule has 0 radical (unpaired) electrons. The standard InChI is InChI=1S/C40H68N6O4/c1-12-19-42-30(35(5,6)7)21-50-32-28(46-44-34(41)43-45-46)20-36(8)22-49-23-40(32)27-15-16-39(11)31(33(47)48)37(9,25(4)24(2)3)17-18-38(39,10)26(27)13-14-29(36)40/h15,24-26,28-32,42H,12-14,16-23H2,1-11H3,(H2,41,44)(H,47,48)/t25-,26+,28-,29-,30+,31-,32+,36-,37-,38-,39+,40+/m1/s1. The van der Waals surface area contributed by atoms with Crippen LogP contribution in [0, 0.1) is 62.1 Å². The molecule has 0 amide bonds. The van der Waals surface area contributed by atoms with Crippen LogP contribution in [0.3, 0.4) is 0 Å². The fraction of sp³-hybridized carbons (Fsp3) is 0.900. The van der Waals surface area contributed by atoms with Crippen molar-refractivity contribution >= 4 is 11.9 Å². The molecular weight excluding hydrogens is 628 g/mol. The number of allylic oxidation sites excluding steroid dienone is 1. The fourth-order valence-corrected chi connectivity index (χ4v) is 12.6. The van der Waals surface area contributed by atoms with Crippen molar-refractivity contribution in [2.24, 2.45) is 62.1 Å². The lowest BCUT2D eigenvalue weighted by Gasteiger charge is -2.71. The van der Waals surface area contributed by atoms with Crippen molar-refractivity contribution < 1.29 is 19.4 Å². The third kappa shape index (κ3) is 5.50. The second-order valence-corrected chi connectivity index (χ2v) is 19.7. The van der Waals surface area contributed by atoms with Gasteiger partial charge in [-0.15, -0.1) is 5.10 Å². The Hall–Kier alpha value is -2.04. The van der Waals surface area contributed by atoms with Crippen molar-refractivity contribution in [3.05, 3.63) is 11.6 Å². The van der Waals surface area contributed by atoms with Crippen LogP contribution in [0.25, 0.3) is 0 Å². The predicted molar refractivity (Wildman–Crippen MR) is 196 cm³/mol. The van der Waals surface area contributed by atoms with E-state index < -0.39 is 17.3 Å². The van der Waals surface area contributed by atoms with Gasteiger partial charge < -0.3 is 25.6 Å². The van der Waals surface area contributed by atoms with Gasteiger partial charge in [0.15, 0.2) is 0 Å². The molecule has 4 fully saturated rings. The smallest absolute Gasteiger partial charge is 0.307 e. The monoisotopic (exact) mass is 697 g/mol.